The van der Waals surface area contributed by atoms with Crippen molar-refractivity contribution in [2.45, 2.75) is 17.6 Å². The van der Waals surface area contributed by atoms with Crippen LogP contribution in [0.15, 0.2) is 62.1 Å². The largest absolute Gasteiger partial charge is 0.464 e. The standard InChI is InChI=1S/C18H14N2O2S2/c1-11-4-6-12(7-5-11)23-10-15-19-17(21)16-13(9-24-18(16)20-15)14-3-2-8-22-14/h2-9H,10H2,1H3,(H,19,20,21). The molecule has 24 heavy (non-hydrogen) atoms. The van der Waals surface area contributed by atoms with Crippen molar-refractivity contribution in [1.82, 2.24) is 9.97 Å². The molecule has 6 heteroatoms. The smallest absolute Gasteiger partial charge is 0.260 e. The fourth-order valence-electron chi connectivity index (χ4n) is 2.46. The van der Waals surface area contributed by atoms with Gasteiger partial charge in [0.25, 0.3) is 5.56 Å². The van der Waals surface area contributed by atoms with E-state index in [1.54, 1.807) is 18.0 Å². The Kier molecular flexibility index (Phi) is 4.00. The highest BCUT2D eigenvalue weighted by Crippen LogP contribution is 2.31. The molecule has 0 aliphatic heterocycles. The molecule has 3 heterocycles. The molecule has 0 atom stereocenters. The summed E-state index contributed by atoms with van der Waals surface area (Å²) in [7, 11) is 0. The Hall–Kier alpha value is -2.31. The number of aromatic nitrogens is 2. The van der Waals surface area contributed by atoms with Crippen LogP contribution in [0.1, 0.15) is 11.4 Å². The van der Waals surface area contributed by atoms with Crippen LogP contribution >= 0.6 is 23.1 Å². The summed E-state index contributed by atoms with van der Waals surface area (Å²) >= 11 is 3.12. The molecular formula is C18H14N2O2S2. The number of hydrogen-bond acceptors (Lipinski definition) is 5. The Bertz CT molecular complexity index is 1030. The zero-order valence-corrected chi connectivity index (χ0v) is 14.5. The van der Waals surface area contributed by atoms with Gasteiger partial charge in [-0.1, -0.05) is 17.7 Å². The van der Waals surface area contributed by atoms with E-state index in [1.165, 1.54) is 16.9 Å². The molecule has 4 aromatic rings. The normalized spacial score (nSPS) is 11.2. The van der Waals surface area contributed by atoms with Crippen LogP contribution < -0.4 is 5.56 Å². The van der Waals surface area contributed by atoms with E-state index in [-0.39, 0.29) is 5.56 Å². The number of rotatable bonds is 4. The molecule has 0 aliphatic rings. The van der Waals surface area contributed by atoms with Crippen molar-refractivity contribution in [1.29, 1.82) is 0 Å². The third-order valence-corrected chi connectivity index (χ3v) is 5.57. The highest BCUT2D eigenvalue weighted by molar-refractivity contribution is 7.98. The molecule has 3 aromatic heterocycles. The molecule has 0 radical (unpaired) electrons. The maximum Gasteiger partial charge on any atom is 0.260 e. The second-order valence-corrected chi connectivity index (χ2v) is 7.33. The summed E-state index contributed by atoms with van der Waals surface area (Å²) in [6, 6.07) is 12.0. The van der Waals surface area contributed by atoms with Gasteiger partial charge in [0.2, 0.25) is 0 Å². The number of furan rings is 1. The zero-order chi connectivity index (χ0) is 16.5. The number of nitrogens with zero attached hydrogens (tertiary/aromatic N) is 1. The molecule has 0 amide bonds. The van der Waals surface area contributed by atoms with Crippen molar-refractivity contribution in [3.05, 3.63) is 69.8 Å². The van der Waals surface area contributed by atoms with Crippen LogP contribution in [0.3, 0.4) is 0 Å². The van der Waals surface area contributed by atoms with Gasteiger partial charge in [0, 0.05) is 15.8 Å². The molecule has 0 spiro atoms. The summed E-state index contributed by atoms with van der Waals surface area (Å²) < 4.78 is 5.41. The van der Waals surface area contributed by atoms with Crippen LogP contribution in [0.4, 0.5) is 0 Å². The van der Waals surface area contributed by atoms with E-state index in [9.17, 15) is 4.79 Å². The summed E-state index contributed by atoms with van der Waals surface area (Å²) in [5.41, 5.74) is 1.91. The van der Waals surface area contributed by atoms with Crippen molar-refractivity contribution >= 4 is 33.3 Å². The second-order valence-electron chi connectivity index (χ2n) is 5.42. The Morgan fingerprint density at radius 3 is 2.83 bits per heavy atom. The molecular weight excluding hydrogens is 340 g/mol. The van der Waals surface area contributed by atoms with E-state index in [0.29, 0.717) is 22.7 Å². The van der Waals surface area contributed by atoms with E-state index in [0.717, 1.165) is 15.3 Å². The summed E-state index contributed by atoms with van der Waals surface area (Å²) in [4.78, 5) is 21.9. The molecule has 0 saturated heterocycles. The monoisotopic (exact) mass is 354 g/mol. The number of thiophene rings is 1. The number of nitrogens with one attached hydrogen (secondary N) is 1. The SMILES string of the molecule is Cc1ccc(SCc2nc3scc(-c4ccco4)c3c(=O)[nH]2)cc1. The fraction of sp³-hybridized carbons (Fsp3) is 0.111. The molecule has 0 unspecified atom stereocenters. The van der Waals surface area contributed by atoms with Gasteiger partial charge >= 0.3 is 0 Å². The van der Waals surface area contributed by atoms with Crippen LogP contribution in [0, 0.1) is 6.92 Å². The molecule has 1 aromatic carbocycles. The third kappa shape index (κ3) is 2.90. The van der Waals surface area contributed by atoms with Gasteiger partial charge < -0.3 is 9.40 Å². The predicted molar refractivity (Wildman–Crippen MR) is 98.7 cm³/mol. The summed E-state index contributed by atoms with van der Waals surface area (Å²) in [6.45, 7) is 2.06. The maximum absolute atomic E-state index is 12.5. The van der Waals surface area contributed by atoms with Gasteiger partial charge in [-0.3, -0.25) is 4.79 Å². The van der Waals surface area contributed by atoms with E-state index < -0.39 is 0 Å². The molecule has 0 aliphatic carbocycles. The average molecular weight is 354 g/mol. The van der Waals surface area contributed by atoms with Crippen molar-refractivity contribution in [2.75, 3.05) is 0 Å². The number of hydrogen-bond donors (Lipinski definition) is 1. The van der Waals surface area contributed by atoms with E-state index in [1.807, 2.05) is 17.5 Å². The van der Waals surface area contributed by atoms with E-state index in [4.69, 9.17) is 4.42 Å². The van der Waals surface area contributed by atoms with Crippen LogP contribution in [0.5, 0.6) is 0 Å². The minimum Gasteiger partial charge on any atom is -0.464 e. The van der Waals surface area contributed by atoms with Crippen molar-refractivity contribution in [3.8, 4) is 11.3 Å². The molecule has 0 bridgehead atoms. The topological polar surface area (TPSA) is 58.9 Å². The first-order valence-corrected chi connectivity index (χ1v) is 9.31. The Morgan fingerprint density at radius 2 is 2.08 bits per heavy atom. The summed E-state index contributed by atoms with van der Waals surface area (Å²) in [5, 5.41) is 2.52. The molecule has 0 saturated carbocycles. The molecule has 0 fully saturated rings. The van der Waals surface area contributed by atoms with Crippen molar-refractivity contribution < 1.29 is 4.42 Å². The van der Waals surface area contributed by atoms with Crippen molar-refractivity contribution in [2.24, 2.45) is 0 Å². The van der Waals surface area contributed by atoms with Gasteiger partial charge in [-0.15, -0.1) is 23.1 Å². The molecule has 4 rings (SSSR count). The number of thioether (sulfide) groups is 1. The first-order valence-electron chi connectivity index (χ1n) is 7.44. The van der Waals surface area contributed by atoms with Crippen LogP contribution in [0.2, 0.25) is 0 Å². The van der Waals surface area contributed by atoms with Gasteiger partial charge in [-0.05, 0) is 31.2 Å². The third-order valence-electron chi connectivity index (χ3n) is 3.68. The van der Waals surface area contributed by atoms with Crippen LogP contribution in [-0.4, -0.2) is 9.97 Å². The van der Waals surface area contributed by atoms with Crippen LogP contribution in [0.25, 0.3) is 21.5 Å². The van der Waals surface area contributed by atoms with Gasteiger partial charge in [-0.2, -0.15) is 0 Å². The lowest BCUT2D eigenvalue weighted by Crippen LogP contribution is -2.10. The Labute approximate surface area is 146 Å². The van der Waals surface area contributed by atoms with Gasteiger partial charge in [0.15, 0.2) is 0 Å². The quantitative estimate of drug-likeness (QED) is 0.533. The van der Waals surface area contributed by atoms with Gasteiger partial charge in [0.1, 0.15) is 16.4 Å². The maximum atomic E-state index is 12.5. The number of aryl methyl sites for hydroxylation is 1. The lowest BCUT2D eigenvalue weighted by molar-refractivity contribution is 0.583. The first kappa shape index (κ1) is 15.2. The first-order chi connectivity index (χ1) is 11.7. The van der Waals surface area contributed by atoms with Crippen LogP contribution in [-0.2, 0) is 5.75 Å². The predicted octanol–water partition coefficient (Wildman–Crippen LogP) is 4.85. The minimum absolute atomic E-state index is 0.118. The Morgan fingerprint density at radius 1 is 1.25 bits per heavy atom. The second kappa shape index (κ2) is 6.30. The summed E-state index contributed by atoms with van der Waals surface area (Å²) in [5.74, 6) is 2.00. The zero-order valence-electron chi connectivity index (χ0n) is 12.9. The van der Waals surface area contributed by atoms with Gasteiger partial charge in [0.05, 0.1) is 17.4 Å². The fourth-order valence-corrected chi connectivity index (χ4v) is 4.18. The molecule has 120 valence electrons. The number of fused-ring (bicyclic) bond motifs is 1. The van der Waals surface area contributed by atoms with Crippen molar-refractivity contribution in [3.63, 3.8) is 0 Å². The lowest BCUT2D eigenvalue weighted by Gasteiger charge is -2.03. The molecule has 1 N–H and O–H groups in total. The number of aromatic amines is 1. The summed E-state index contributed by atoms with van der Waals surface area (Å²) in [6.07, 6.45) is 1.60. The highest BCUT2D eigenvalue weighted by atomic mass is 32.2. The van der Waals surface area contributed by atoms with E-state index in [2.05, 4.69) is 41.2 Å². The lowest BCUT2D eigenvalue weighted by atomic mass is 10.2. The Balaban J connectivity index is 1.64. The average Bonchev–Trinajstić information content (AvgIpc) is 3.23. The van der Waals surface area contributed by atoms with E-state index >= 15 is 0 Å². The number of benzene rings is 1. The molecule has 4 nitrogen and oxygen atoms in total. The number of H-pyrrole nitrogens is 1. The highest BCUT2D eigenvalue weighted by Gasteiger charge is 2.14. The minimum atomic E-state index is -0.118. The van der Waals surface area contributed by atoms with Gasteiger partial charge in [-0.25, -0.2) is 4.98 Å².